The first-order valence-electron chi connectivity index (χ1n) is 5.96. The van der Waals surface area contributed by atoms with Crippen LogP contribution in [0, 0.1) is 0 Å². The summed E-state index contributed by atoms with van der Waals surface area (Å²) in [5, 5.41) is 4.83. The maximum absolute atomic E-state index is 12.3. The fourth-order valence-corrected chi connectivity index (χ4v) is 2.99. The van der Waals surface area contributed by atoms with Gasteiger partial charge >= 0.3 is 0 Å². The highest BCUT2D eigenvalue weighted by Gasteiger charge is 2.24. The maximum atomic E-state index is 12.3. The molecule has 1 aliphatic rings. The van der Waals surface area contributed by atoms with Crippen LogP contribution < -0.4 is 11.1 Å². The molecule has 1 aromatic rings. The highest BCUT2D eigenvalue weighted by atomic mass is 32.1. The Morgan fingerprint density at radius 1 is 1.56 bits per heavy atom. The van der Waals surface area contributed by atoms with E-state index in [1.54, 1.807) is 11.4 Å². The quantitative estimate of drug-likeness (QED) is 0.845. The van der Waals surface area contributed by atoms with Gasteiger partial charge in [-0.1, -0.05) is 0 Å². The average Bonchev–Trinajstić information content (AvgIpc) is 2.87. The van der Waals surface area contributed by atoms with Crippen molar-refractivity contribution in [2.24, 2.45) is 5.73 Å². The minimum Gasteiger partial charge on any atom is -0.366 e. The molecule has 2 heterocycles. The van der Waals surface area contributed by atoms with Crippen LogP contribution >= 0.6 is 11.3 Å². The van der Waals surface area contributed by atoms with Crippen molar-refractivity contribution in [1.82, 2.24) is 10.2 Å². The molecule has 1 atom stereocenters. The summed E-state index contributed by atoms with van der Waals surface area (Å²) in [6.45, 7) is 1.50. The lowest BCUT2D eigenvalue weighted by atomic mass is 10.1. The monoisotopic (exact) mass is 267 g/mol. The van der Waals surface area contributed by atoms with Crippen LogP contribution in [0.25, 0.3) is 0 Å². The number of carbonyl (C=O) groups is 2. The van der Waals surface area contributed by atoms with Crippen molar-refractivity contribution >= 4 is 23.2 Å². The molecule has 18 heavy (non-hydrogen) atoms. The van der Waals surface area contributed by atoms with Gasteiger partial charge in [0.25, 0.3) is 5.91 Å². The van der Waals surface area contributed by atoms with Gasteiger partial charge in [0.05, 0.1) is 10.4 Å². The zero-order chi connectivity index (χ0) is 13.1. The van der Waals surface area contributed by atoms with Gasteiger partial charge in [-0.05, 0) is 26.0 Å². The Morgan fingerprint density at radius 2 is 2.33 bits per heavy atom. The largest absolute Gasteiger partial charge is 0.366 e. The number of hydrogen-bond acceptors (Lipinski definition) is 4. The van der Waals surface area contributed by atoms with Crippen molar-refractivity contribution in [2.75, 3.05) is 20.1 Å². The van der Waals surface area contributed by atoms with Gasteiger partial charge < -0.3 is 16.0 Å². The Morgan fingerprint density at radius 3 is 2.94 bits per heavy atom. The van der Waals surface area contributed by atoms with Crippen molar-refractivity contribution in [2.45, 2.75) is 18.9 Å². The predicted octanol–water partition coefficient (Wildman–Crippen LogP) is 0.671. The van der Waals surface area contributed by atoms with Gasteiger partial charge in [-0.2, -0.15) is 0 Å². The third-order valence-electron chi connectivity index (χ3n) is 3.21. The first-order valence-corrected chi connectivity index (χ1v) is 6.84. The van der Waals surface area contributed by atoms with Crippen LogP contribution in [0.4, 0.5) is 0 Å². The van der Waals surface area contributed by atoms with Crippen LogP contribution in [0.15, 0.2) is 11.4 Å². The number of nitrogens with zero attached hydrogens (tertiary/aromatic N) is 1. The number of carbonyl (C=O) groups excluding carboxylic acids is 2. The second-order valence-electron chi connectivity index (χ2n) is 4.44. The zero-order valence-corrected chi connectivity index (χ0v) is 11.1. The Kier molecular flexibility index (Phi) is 3.98. The van der Waals surface area contributed by atoms with Gasteiger partial charge in [-0.15, -0.1) is 11.3 Å². The van der Waals surface area contributed by atoms with Gasteiger partial charge in [-0.3, -0.25) is 9.59 Å². The Labute approximate surface area is 110 Å². The minimum absolute atomic E-state index is 0.00699. The molecule has 1 saturated heterocycles. The van der Waals surface area contributed by atoms with E-state index in [0.717, 1.165) is 25.9 Å². The lowest BCUT2D eigenvalue weighted by molar-refractivity contribution is 0.0703. The number of likely N-dealkylation sites (tertiary alicyclic amines) is 1. The van der Waals surface area contributed by atoms with E-state index in [0.29, 0.717) is 16.5 Å². The second kappa shape index (κ2) is 5.49. The van der Waals surface area contributed by atoms with E-state index in [1.165, 1.54) is 11.3 Å². The number of piperidine rings is 1. The molecule has 0 spiro atoms. The van der Waals surface area contributed by atoms with Crippen LogP contribution in [0.2, 0.25) is 0 Å². The van der Waals surface area contributed by atoms with Crippen molar-refractivity contribution in [3.05, 3.63) is 21.9 Å². The standard InChI is InChI=1S/C12H17N3O2S/c1-14-9-3-2-4-15(6-9)12(17)10-5-8(7-18-10)11(13)16/h5,7,9,14H,2-4,6H2,1H3,(H2,13,16). The van der Waals surface area contributed by atoms with E-state index in [2.05, 4.69) is 5.32 Å². The van der Waals surface area contributed by atoms with Gasteiger partial charge in [-0.25, -0.2) is 0 Å². The van der Waals surface area contributed by atoms with Crippen LogP contribution in [0.3, 0.4) is 0 Å². The fraction of sp³-hybridized carbons (Fsp3) is 0.500. The number of thiophene rings is 1. The fourth-order valence-electron chi connectivity index (χ4n) is 2.13. The van der Waals surface area contributed by atoms with Gasteiger partial charge in [0.15, 0.2) is 0 Å². The molecule has 0 aromatic carbocycles. The SMILES string of the molecule is CNC1CCCN(C(=O)c2cc(C(N)=O)cs2)C1. The summed E-state index contributed by atoms with van der Waals surface area (Å²) < 4.78 is 0. The predicted molar refractivity (Wildman–Crippen MR) is 70.8 cm³/mol. The molecular weight excluding hydrogens is 250 g/mol. The molecule has 5 nitrogen and oxygen atoms in total. The first kappa shape index (κ1) is 13.0. The number of rotatable bonds is 3. The molecule has 1 aliphatic heterocycles. The molecule has 1 fully saturated rings. The van der Waals surface area contributed by atoms with Gasteiger partial charge in [0, 0.05) is 24.5 Å². The van der Waals surface area contributed by atoms with Crippen molar-refractivity contribution < 1.29 is 9.59 Å². The highest BCUT2D eigenvalue weighted by Crippen LogP contribution is 2.19. The normalized spacial score (nSPS) is 19.8. The number of amides is 2. The Bertz CT molecular complexity index is 458. The highest BCUT2D eigenvalue weighted by molar-refractivity contribution is 7.12. The molecule has 3 N–H and O–H groups in total. The summed E-state index contributed by atoms with van der Waals surface area (Å²) in [5.74, 6) is -0.496. The molecule has 98 valence electrons. The molecule has 0 radical (unpaired) electrons. The number of hydrogen-bond donors (Lipinski definition) is 2. The van der Waals surface area contributed by atoms with Gasteiger partial charge in [0.1, 0.15) is 0 Å². The minimum atomic E-state index is -0.489. The summed E-state index contributed by atoms with van der Waals surface area (Å²) in [6, 6.07) is 1.94. The third kappa shape index (κ3) is 2.70. The van der Waals surface area contributed by atoms with Crippen LogP contribution in [-0.2, 0) is 0 Å². The second-order valence-corrected chi connectivity index (χ2v) is 5.35. The number of nitrogens with two attached hydrogens (primary N) is 1. The summed E-state index contributed by atoms with van der Waals surface area (Å²) in [6.07, 6.45) is 2.10. The zero-order valence-electron chi connectivity index (χ0n) is 10.3. The van der Waals surface area contributed by atoms with Crippen molar-refractivity contribution in [1.29, 1.82) is 0 Å². The third-order valence-corrected chi connectivity index (χ3v) is 4.13. The average molecular weight is 267 g/mol. The molecule has 0 saturated carbocycles. The van der Waals surface area contributed by atoms with E-state index >= 15 is 0 Å². The maximum Gasteiger partial charge on any atom is 0.263 e. The van der Waals surface area contributed by atoms with Crippen molar-refractivity contribution in [3.63, 3.8) is 0 Å². The van der Waals surface area contributed by atoms with E-state index < -0.39 is 5.91 Å². The molecule has 2 amide bonds. The van der Waals surface area contributed by atoms with E-state index in [9.17, 15) is 9.59 Å². The molecule has 0 aliphatic carbocycles. The topological polar surface area (TPSA) is 75.4 Å². The lowest BCUT2D eigenvalue weighted by Crippen LogP contribution is -2.46. The van der Waals surface area contributed by atoms with Crippen LogP contribution in [-0.4, -0.2) is 42.9 Å². The molecule has 2 rings (SSSR count). The molecular formula is C12H17N3O2S. The van der Waals surface area contributed by atoms with E-state index in [1.807, 2.05) is 11.9 Å². The molecule has 1 unspecified atom stereocenters. The molecule has 6 heteroatoms. The first-order chi connectivity index (χ1) is 8.61. The Hall–Kier alpha value is -1.40. The lowest BCUT2D eigenvalue weighted by Gasteiger charge is -2.32. The summed E-state index contributed by atoms with van der Waals surface area (Å²) in [4.78, 5) is 25.7. The van der Waals surface area contributed by atoms with Crippen LogP contribution in [0.5, 0.6) is 0 Å². The summed E-state index contributed by atoms with van der Waals surface area (Å²) in [7, 11) is 1.91. The number of likely N-dealkylation sites (N-methyl/N-ethyl adjacent to an activating group) is 1. The smallest absolute Gasteiger partial charge is 0.263 e. The Balaban J connectivity index is 2.07. The number of primary amides is 1. The van der Waals surface area contributed by atoms with Gasteiger partial charge in [0.2, 0.25) is 5.91 Å². The molecule has 0 bridgehead atoms. The van der Waals surface area contributed by atoms with E-state index in [-0.39, 0.29) is 5.91 Å². The summed E-state index contributed by atoms with van der Waals surface area (Å²) >= 11 is 1.28. The summed E-state index contributed by atoms with van der Waals surface area (Å²) in [5.41, 5.74) is 5.59. The molecule has 1 aromatic heterocycles. The van der Waals surface area contributed by atoms with Crippen LogP contribution in [0.1, 0.15) is 32.9 Å². The van der Waals surface area contributed by atoms with Crippen molar-refractivity contribution in [3.8, 4) is 0 Å². The number of nitrogens with one attached hydrogen (secondary N) is 1. The van der Waals surface area contributed by atoms with E-state index in [4.69, 9.17) is 5.73 Å².